The monoisotopic (exact) mass is 417 g/mol. The van der Waals surface area contributed by atoms with Gasteiger partial charge in [-0.2, -0.15) is 0 Å². The molecule has 4 rings (SSSR count). The summed E-state index contributed by atoms with van der Waals surface area (Å²) in [5.41, 5.74) is 2.19. The smallest absolute Gasteiger partial charge is 0.255 e. The van der Waals surface area contributed by atoms with Gasteiger partial charge in [0, 0.05) is 36.1 Å². The molecule has 1 amide bonds. The minimum atomic E-state index is -0.166. The fourth-order valence-corrected chi connectivity index (χ4v) is 3.63. The molecule has 7 nitrogen and oxygen atoms in total. The van der Waals surface area contributed by atoms with Gasteiger partial charge in [0.05, 0.1) is 7.11 Å². The van der Waals surface area contributed by atoms with E-state index in [9.17, 15) is 4.79 Å². The fourth-order valence-electron chi connectivity index (χ4n) is 3.63. The first-order chi connectivity index (χ1) is 15.1. The normalized spacial score (nSPS) is 13.5. The zero-order valence-corrected chi connectivity index (χ0v) is 17.9. The standard InChI is InChI=1S/C24H27N5O2/c1-17-25-22(16-23(26-17)29-14-4-3-5-15-29)27-19-8-10-20(11-9-19)28-24(30)18-6-12-21(31-2)13-7-18/h6-13,16H,3-5,14-15H2,1-2H3,(H,28,30)(H,25,26,27). The number of aromatic nitrogens is 2. The number of nitrogens with zero attached hydrogens (tertiary/aromatic N) is 3. The summed E-state index contributed by atoms with van der Waals surface area (Å²) in [7, 11) is 1.60. The van der Waals surface area contributed by atoms with Gasteiger partial charge in [-0.15, -0.1) is 0 Å². The Morgan fingerprint density at radius 1 is 0.935 bits per heavy atom. The molecule has 1 fully saturated rings. The molecule has 1 aliphatic rings. The molecule has 2 heterocycles. The molecule has 0 unspecified atom stereocenters. The summed E-state index contributed by atoms with van der Waals surface area (Å²) in [4.78, 5) is 23.9. The number of amides is 1. The molecule has 1 aliphatic heterocycles. The molecule has 2 N–H and O–H groups in total. The van der Waals surface area contributed by atoms with Crippen LogP contribution in [0.25, 0.3) is 0 Å². The van der Waals surface area contributed by atoms with E-state index in [1.165, 1.54) is 19.3 Å². The number of ether oxygens (including phenoxy) is 1. The molecule has 0 spiro atoms. The van der Waals surface area contributed by atoms with E-state index in [0.29, 0.717) is 5.56 Å². The van der Waals surface area contributed by atoms with Gasteiger partial charge in [-0.1, -0.05) is 0 Å². The number of hydrogen-bond donors (Lipinski definition) is 2. The molecule has 2 aromatic carbocycles. The van der Waals surface area contributed by atoms with E-state index in [-0.39, 0.29) is 5.91 Å². The Bertz CT molecular complexity index is 1030. The van der Waals surface area contributed by atoms with Gasteiger partial charge in [0.1, 0.15) is 23.2 Å². The molecular formula is C24H27N5O2. The van der Waals surface area contributed by atoms with E-state index < -0.39 is 0 Å². The summed E-state index contributed by atoms with van der Waals surface area (Å²) < 4.78 is 5.13. The lowest BCUT2D eigenvalue weighted by Crippen LogP contribution is -2.30. The van der Waals surface area contributed by atoms with Gasteiger partial charge in [-0.25, -0.2) is 9.97 Å². The molecular weight excluding hydrogens is 390 g/mol. The maximum atomic E-state index is 12.4. The van der Waals surface area contributed by atoms with Crippen LogP contribution in [0.5, 0.6) is 5.75 Å². The first-order valence-electron chi connectivity index (χ1n) is 10.5. The topological polar surface area (TPSA) is 79.4 Å². The Morgan fingerprint density at radius 3 is 2.29 bits per heavy atom. The number of nitrogens with one attached hydrogen (secondary N) is 2. The average molecular weight is 418 g/mol. The number of aryl methyl sites for hydroxylation is 1. The Labute approximate surface area is 182 Å². The number of anilines is 4. The second-order valence-corrected chi connectivity index (χ2v) is 7.59. The van der Waals surface area contributed by atoms with Crippen LogP contribution in [0, 0.1) is 6.92 Å². The van der Waals surface area contributed by atoms with Gasteiger partial charge >= 0.3 is 0 Å². The zero-order chi connectivity index (χ0) is 21.6. The van der Waals surface area contributed by atoms with Crippen molar-refractivity contribution in [3.05, 3.63) is 66.0 Å². The number of carbonyl (C=O) groups excluding carboxylic acids is 1. The van der Waals surface area contributed by atoms with Crippen molar-refractivity contribution in [2.24, 2.45) is 0 Å². The SMILES string of the molecule is COc1ccc(C(=O)Nc2ccc(Nc3cc(N4CCCCC4)nc(C)n3)cc2)cc1. The van der Waals surface area contributed by atoms with E-state index in [1.54, 1.807) is 31.4 Å². The quantitative estimate of drug-likeness (QED) is 0.601. The van der Waals surface area contributed by atoms with Crippen LogP contribution in [-0.4, -0.2) is 36.1 Å². The summed E-state index contributed by atoms with van der Waals surface area (Å²) in [6, 6.07) is 16.6. The van der Waals surface area contributed by atoms with E-state index >= 15 is 0 Å². The third-order valence-corrected chi connectivity index (χ3v) is 5.27. The molecule has 31 heavy (non-hydrogen) atoms. The second kappa shape index (κ2) is 9.47. The minimum absolute atomic E-state index is 0.166. The lowest BCUT2D eigenvalue weighted by Gasteiger charge is -2.28. The van der Waals surface area contributed by atoms with Crippen molar-refractivity contribution < 1.29 is 9.53 Å². The van der Waals surface area contributed by atoms with Crippen LogP contribution in [0.3, 0.4) is 0 Å². The maximum Gasteiger partial charge on any atom is 0.255 e. The van der Waals surface area contributed by atoms with E-state index in [2.05, 4.69) is 25.5 Å². The summed E-state index contributed by atoms with van der Waals surface area (Å²) in [6.07, 6.45) is 3.69. The lowest BCUT2D eigenvalue weighted by atomic mass is 10.1. The van der Waals surface area contributed by atoms with Gasteiger partial charge in [0.15, 0.2) is 0 Å². The van der Waals surface area contributed by atoms with E-state index in [1.807, 2.05) is 37.3 Å². The highest BCUT2D eigenvalue weighted by atomic mass is 16.5. The molecule has 0 bridgehead atoms. The summed E-state index contributed by atoms with van der Waals surface area (Å²) >= 11 is 0. The predicted molar refractivity (Wildman–Crippen MR) is 124 cm³/mol. The molecule has 1 aromatic heterocycles. The van der Waals surface area contributed by atoms with Crippen LogP contribution in [0.15, 0.2) is 54.6 Å². The van der Waals surface area contributed by atoms with Crippen molar-refractivity contribution >= 4 is 28.9 Å². The molecule has 7 heteroatoms. The minimum Gasteiger partial charge on any atom is -0.497 e. The number of rotatable bonds is 6. The fraction of sp³-hybridized carbons (Fsp3) is 0.292. The predicted octanol–water partition coefficient (Wildman–Crippen LogP) is 4.78. The molecule has 3 aromatic rings. The van der Waals surface area contributed by atoms with Crippen molar-refractivity contribution in [3.8, 4) is 5.75 Å². The highest BCUT2D eigenvalue weighted by Gasteiger charge is 2.14. The van der Waals surface area contributed by atoms with Crippen molar-refractivity contribution in [3.63, 3.8) is 0 Å². The largest absolute Gasteiger partial charge is 0.497 e. The average Bonchev–Trinajstić information content (AvgIpc) is 2.80. The van der Waals surface area contributed by atoms with Crippen molar-refractivity contribution in [1.29, 1.82) is 0 Å². The van der Waals surface area contributed by atoms with Crippen molar-refractivity contribution in [2.75, 3.05) is 35.7 Å². The van der Waals surface area contributed by atoms with Gasteiger partial charge in [-0.3, -0.25) is 4.79 Å². The van der Waals surface area contributed by atoms with E-state index in [0.717, 1.165) is 47.7 Å². The Morgan fingerprint density at radius 2 is 1.61 bits per heavy atom. The Kier molecular flexibility index (Phi) is 6.31. The van der Waals surface area contributed by atoms with Gasteiger partial charge in [0.25, 0.3) is 5.91 Å². The number of carbonyl (C=O) groups is 1. The first kappa shape index (κ1) is 20.7. The van der Waals surface area contributed by atoms with Crippen LogP contribution in [0.4, 0.5) is 23.0 Å². The maximum absolute atomic E-state index is 12.4. The first-order valence-corrected chi connectivity index (χ1v) is 10.5. The molecule has 1 saturated heterocycles. The number of methoxy groups -OCH3 is 1. The van der Waals surface area contributed by atoms with E-state index in [4.69, 9.17) is 4.74 Å². The lowest BCUT2D eigenvalue weighted by molar-refractivity contribution is 0.102. The molecule has 160 valence electrons. The van der Waals surface area contributed by atoms with Gasteiger partial charge in [0.2, 0.25) is 0 Å². The zero-order valence-electron chi connectivity index (χ0n) is 17.9. The van der Waals surface area contributed by atoms with Crippen molar-refractivity contribution in [2.45, 2.75) is 26.2 Å². The van der Waals surface area contributed by atoms with Crippen molar-refractivity contribution in [1.82, 2.24) is 9.97 Å². The number of benzene rings is 2. The second-order valence-electron chi connectivity index (χ2n) is 7.59. The van der Waals surface area contributed by atoms with Gasteiger partial charge in [-0.05, 0) is 74.7 Å². The van der Waals surface area contributed by atoms with Crippen LogP contribution in [0.1, 0.15) is 35.4 Å². The van der Waals surface area contributed by atoms with Crippen LogP contribution < -0.4 is 20.3 Å². The summed E-state index contributed by atoms with van der Waals surface area (Å²) in [6.45, 7) is 3.99. The number of piperidine rings is 1. The summed E-state index contributed by atoms with van der Waals surface area (Å²) in [5.74, 6) is 3.03. The third kappa shape index (κ3) is 5.31. The van der Waals surface area contributed by atoms with Gasteiger partial charge < -0.3 is 20.3 Å². The Balaban J connectivity index is 1.41. The third-order valence-electron chi connectivity index (χ3n) is 5.27. The number of hydrogen-bond acceptors (Lipinski definition) is 6. The molecule has 0 aliphatic carbocycles. The summed E-state index contributed by atoms with van der Waals surface area (Å²) in [5, 5.41) is 6.25. The molecule has 0 radical (unpaired) electrons. The highest BCUT2D eigenvalue weighted by Crippen LogP contribution is 2.23. The van der Waals surface area contributed by atoms with Crippen LogP contribution >= 0.6 is 0 Å². The Hall–Kier alpha value is -3.61. The molecule has 0 atom stereocenters. The highest BCUT2D eigenvalue weighted by molar-refractivity contribution is 6.04. The van der Waals surface area contributed by atoms with Crippen LogP contribution in [0.2, 0.25) is 0 Å². The van der Waals surface area contributed by atoms with Crippen LogP contribution in [-0.2, 0) is 0 Å². The molecule has 0 saturated carbocycles.